The summed E-state index contributed by atoms with van der Waals surface area (Å²) in [5, 5.41) is 0. The molecule has 1 amide bonds. The van der Waals surface area contributed by atoms with Crippen LogP contribution in [0.15, 0.2) is 18.2 Å². The van der Waals surface area contributed by atoms with Crippen LogP contribution in [0.5, 0.6) is 5.75 Å². The number of nitrogens with zero attached hydrogens (tertiary/aromatic N) is 1. The van der Waals surface area contributed by atoms with E-state index in [4.69, 9.17) is 10.5 Å². The molecule has 0 aliphatic heterocycles. The number of amides is 1. The second kappa shape index (κ2) is 5.23. The van der Waals surface area contributed by atoms with E-state index in [0.29, 0.717) is 5.75 Å². The molecule has 0 saturated carbocycles. The molecular formula is C10H15N3O4S. The minimum absolute atomic E-state index is 0.155. The largest absolute Gasteiger partial charge is 0.495 e. The van der Waals surface area contributed by atoms with Crippen molar-refractivity contribution in [2.45, 2.75) is 0 Å². The van der Waals surface area contributed by atoms with Crippen molar-refractivity contribution in [3.63, 3.8) is 0 Å². The van der Waals surface area contributed by atoms with Gasteiger partial charge in [0.15, 0.2) is 0 Å². The first-order chi connectivity index (χ1) is 8.27. The Labute approximate surface area is 106 Å². The molecule has 0 spiro atoms. The predicted octanol–water partition coefficient (Wildman–Crippen LogP) is 0.0124. The van der Waals surface area contributed by atoms with Crippen LogP contribution in [0.1, 0.15) is 10.4 Å². The highest BCUT2D eigenvalue weighted by Crippen LogP contribution is 2.26. The van der Waals surface area contributed by atoms with Crippen LogP contribution in [0.25, 0.3) is 0 Å². The quantitative estimate of drug-likeness (QED) is 0.789. The Morgan fingerprint density at radius 2 is 2.00 bits per heavy atom. The van der Waals surface area contributed by atoms with Crippen LogP contribution < -0.4 is 15.2 Å². The van der Waals surface area contributed by atoms with E-state index in [0.717, 1.165) is 4.31 Å². The number of anilines is 1. The molecule has 0 bridgehead atoms. The third-order valence-electron chi connectivity index (χ3n) is 2.20. The third kappa shape index (κ3) is 3.11. The van der Waals surface area contributed by atoms with Crippen LogP contribution >= 0.6 is 0 Å². The number of carbonyl (C=O) groups excluding carboxylic acids is 1. The molecule has 7 nitrogen and oxygen atoms in total. The first kappa shape index (κ1) is 14.3. The molecule has 1 aromatic carbocycles. The molecule has 0 aliphatic carbocycles. The molecule has 0 radical (unpaired) electrons. The van der Waals surface area contributed by atoms with Crippen molar-refractivity contribution in [2.24, 2.45) is 5.73 Å². The predicted molar refractivity (Wildman–Crippen MR) is 67.7 cm³/mol. The van der Waals surface area contributed by atoms with Gasteiger partial charge in [-0.15, -0.1) is 0 Å². The van der Waals surface area contributed by atoms with Gasteiger partial charge in [0.2, 0.25) is 5.91 Å². The number of hydrogen-bond donors (Lipinski definition) is 2. The number of nitrogens with two attached hydrogens (primary N) is 1. The summed E-state index contributed by atoms with van der Waals surface area (Å²) in [5.41, 5.74) is 5.47. The lowest BCUT2D eigenvalue weighted by atomic mass is 10.2. The van der Waals surface area contributed by atoms with Gasteiger partial charge in [0.05, 0.1) is 12.8 Å². The molecule has 1 aromatic rings. The Hall–Kier alpha value is -1.80. The van der Waals surface area contributed by atoms with Crippen molar-refractivity contribution in [2.75, 3.05) is 25.9 Å². The van der Waals surface area contributed by atoms with Gasteiger partial charge in [-0.2, -0.15) is 12.7 Å². The summed E-state index contributed by atoms with van der Waals surface area (Å²) in [7, 11) is 0.484. The monoisotopic (exact) mass is 273 g/mol. The summed E-state index contributed by atoms with van der Waals surface area (Å²) in [6.07, 6.45) is 0. The van der Waals surface area contributed by atoms with Gasteiger partial charge in [-0.1, -0.05) is 0 Å². The van der Waals surface area contributed by atoms with Crippen LogP contribution in [0.3, 0.4) is 0 Å². The number of primary amides is 1. The summed E-state index contributed by atoms with van der Waals surface area (Å²) in [5.74, 6) is -0.353. The average Bonchev–Trinajstić information content (AvgIpc) is 2.28. The van der Waals surface area contributed by atoms with Crippen LogP contribution in [-0.2, 0) is 10.2 Å². The summed E-state index contributed by atoms with van der Waals surface area (Å²) in [6, 6.07) is 4.24. The highest BCUT2D eigenvalue weighted by molar-refractivity contribution is 7.90. The van der Waals surface area contributed by atoms with E-state index >= 15 is 0 Å². The van der Waals surface area contributed by atoms with Gasteiger partial charge in [0.1, 0.15) is 5.75 Å². The maximum absolute atomic E-state index is 11.7. The Morgan fingerprint density at radius 1 is 1.39 bits per heavy atom. The molecule has 1 rings (SSSR count). The Bertz CT molecular complexity index is 554. The zero-order chi connectivity index (χ0) is 13.9. The van der Waals surface area contributed by atoms with E-state index in [1.165, 1.54) is 39.4 Å². The average molecular weight is 273 g/mol. The molecule has 100 valence electrons. The Morgan fingerprint density at radius 3 is 2.44 bits per heavy atom. The summed E-state index contributed by atoms with van der Waals surface area (Å²) in [6.45, 7) is 0. The van der Waals surface area contributed by atoms with E-state index in [1.807, 2.05) is 0 Å². The molecule has 0 unspecified atom stereocenters. The number of benzene rings is 1. The van der Waals surface area contributed by atoms with Crippen LogP contribution in [-0.4, -0.2) is 39.8 Å². The summed E-state index contributed by atoms with van der Waals surface area (Å²) >= 11 is 0. The fourth-order valence-electron chi connectivity index (χ4n) is 1.17. The second-order valence-corrected chi connectivity index (χ2v) is 5.55. The van der Waals surface area contributed by atoms with Crippen LogP contribution in [0, 0.1) is 0 Å². The lowest BCUT2D eigenvalue weighted by molar-refractivity contribution is 0.100. The number of nitrogens with one attached hydrogen (secondary N) is 1. The van der Waals surface area contributed by atoms with Gasteiger partial charge < -0.3 is 10.5 Å². The number of hydrogen-bond acceptors (Lipinski definition) is 4. The SMILES string of the molecule is COc1ccc(C(N)=O)cc1NS(=O)(=O)N(C)C. The Kier molecular flexibility index (Phi) is 4.15. The maximum atomic E-state index is 11.7. The lowest BCUT2D eigenvalue weighted by Crippen LogP contribution is -2.29. The van der Waals surface area contributed by atoms with Crippen molar-refractivity contribution in [1.82, 2.24) is 4.31 Å². The van der Waals surface area contributed by atoms with Gasteiger partial charge in [0.25, 0.3) is 0 Å². The molecule has 0 aromatic heterocycles. The maximum Gasteiger partial charge on any atom is 0.301 e. The first-order valence-corrected chi connectivity index (χ1v) is 6.40. The minimum atomic E-state index is -3.68. The van der Waals surface area contributed by atoms with Crippen molar-refractivity contribution in [3.8, 4) is 5.75 Å². The molecule has 18 heavy (non-hydrogen) atoms. The standard InChI is InChI=1S/C10H15N3O4S/c1-13(2)18(15,16)12-8-6-7(10(11)14)4-5-9(8)17-3/h4-6,12H,1-3H3,(H2,11,14). The fourth-order valence-corrected chi connectivity index (χ4v) is 1.79. The van der Waals surface area contributed by atoms with Gasteiger partial charge >= 0.3 is 10.2 Å². The summed E-state index contributed by atoms with van der Waals surface area (Å²) in [4.78, 5) is 11.0. The molecular weight excluding hydrogens is 258 g/mol. The van der Waals surface area contributed by atoms with Crippen molar-refractivity contribution < 1.29 is 17.9 Å². The van der Waals surface area contributed by atoms with E-state index in [-0.39, 0.29) is 11.3 Å². The van der Waals surface area contributed by atoms with Crippen LogP contribution in [0.4, 0.5) is 5.69 Å². The first-order valence-electron chi connectivity index (χ1n) is 4.96. The molecule has 0 atom stereocenters. The molecule has 3 N–H and O–H groups in total. The lowest BCUT2D eigenvalue weighted by Gasteiger charge is -2.16. The smallest absolute Gasteiger partial charge is 0.301 e. The highest BCUT2D eigenvalue weighted by Gasteiger charge is 2.17. The van der Waals surface area contributed by atoms with Gasteiger partial charge in [0, 0.05) is 19.7 Å². The second-order valence-electron chi connectivity index (χ2n) is 3.67. The van der Waals surface area contributed by atoms with Crippen LogP contribution in [0.2, 0.25) is 0 Å². The van der Waals surface area contributed by atoms with E-state index in [9.17, 15) is 13.2 Å². The van der Waals surface area contributed by atoms with Gasteiger partial charge in [-0.05, 0) is 18.2 Å². The minimum Gasteiger partial charge on any atom is -0.495 e. The third-order valence-corrected chi connectivity index (χ3v) is 3.64. The molecule has 0 saturated heterocycles. The highest BCUT2D eigenvalue weighted by atomic mass is 32.2. The topological polar surface area (TPSA) is 102 Å². The molecule has 0 heterocycles. The van der Waals surface area contributed by atoms with E-state index in [1.54, 1.807) is 0 Å². The van der Waals surface area contributed by atoms with Crippen molar-refractivity contribution >= 4 is 21.8 Å². The number of methoxy groups -OCH3 is 1. The summed E-state index contributed by atoms with van der Waals surface area (Å²) < 4.78 is 31.7. The number of rotatable bonds is 5. The van der Waals surface area contributed by atoms with E-state index < -0.39 is 16.1 Å². The van der Waals surface area contributed by atoms with Crippen molar-refractivity contribution in [1.29, 1.82) is 0 Å². The van der Waals surface area contributed by atoms with E-state index in [2.05, 4.69) is 4.72 Å². The zero-order valence-electron chi connectivity index (χ0n) is 10.3. The fraction of sp³-hybridized carbons (Fsp3) is 0.300. The molecule has 0 fully saturated rings. The molecule has 0 aliphatic rings. The zero-order valence-corrected chi connectivity index (χ0v) is 11.1. The normalized spacial score (nSPS) is 11.3. The number of carbonyl (C=O) groups is 1. The van der Waals surface area contributed by atoms with Crippen molar-refractivity contribution in [3.05, 3.63) is 23.8 Å². The van der Waals surface area contributed by atoms with Gasteiger partial charge in [-0.25, -0.2) is 0 Å². The number of ether oxygens (including phenoxy) is 1. The van der Waals surface area contributed by atoms with Gasteiger partial charge in [-0.3, -0.25) is 9.52 Å². The Balaban J connectivity index is 3.21. The molecule has 8 heteroatoms.